The van der Waals surface area contributed by atoms with E-state index in [2.05, 4.69) is 32.8 Å². The SMILES string of the molecule is Cl.O=C(N[C@@H](CC(=O)N1CCC(Cn2cncn2)(C2CCCCC2)CC1)Cc1ccc(Cl)cc1)[C@H]1Cc2ccccc2CN1. The second kappa shape index (κ2) is 14.9. The summed E-state index contributed by atoms with van der Waals surface area (Å²) >= 11 is 6.14. The van der Waals surface area contributed by atoms with E-state index in [0.29, 0.717) is 30.3 Å². The molecule has 6 rings (SSSR count). The van der Waals surface area contributed by atoms with Gasteiger partial charge in [0.2, 0.25) is 11.8 Å². The molecule has 1 aliphatic carbocycles. The Hall–Kier alpha value is -2.94. The van der Waals surface area contributed by atoms with Gasteiger partial charge in [-0.15, -0.1) is 12.4 Å². The summed E-state index contributed by atoms with van der Waals surface area (Å²) < 4.78 is 1.99. The van der Waals surface area contributed by atoms with Crippen molar-refractivity contribution in [2.45, 2.75) is 89.4 Å². The van der Waals surface area contributed by atoms with Crippen molar-refractivity contribution in [3.05, 3.63) is 82.9 Å². The predicted molar refractivity (Wildman–Crippen MR) is 175 cm³/mol. The summed E-state index contributed by atoms with van der Waals surface area (Å²) in [6.07, 6.45) is 13.3. The van der Waals surface area contributed by atoms with Crippen molar-refractivity contribution in [2.24, 2.45) is 11.3 Å². The molecule has 3 aliphatic rings. The van der Waals surface area contributed by atoms with E-state index < -0.39 is 0 Å². The second-order valence-corrected chi connectivity index (χ2v) is 13.3. The fraction of sp³-hybridized carbons (Fsp3) is 0.529. The van der Waals surface area contributed by atoms with Crippen LogP contribution in [0, 0.1) is 11.3 Å². The van der Waals surface area contributed by atoms with Crippen LogP contribution in [0.3, 0.4) is 0 Å². The lowest BCUT2D eigenvalue weighted by molar-refractivity contribution is -0.135. The fourth-order valence-corrected chi connectivity index (χ4v) is 7.74. The molecule has 0 unspecified atom stereocenters. The van der Waals surface area contributed by atoms with Crippen LogP contribution in [0.2, 0.25) is 5.02 Å². The third-order valence-electron chi connectivity index (χ3n) is 10.1. The van der Waals surface area contributed by atoms with Crippen LogP contribution in [0.4, 0.5) is 0 Å². The summed E-state index contributed by atoms with van der Waals surface area (Å²) in [4.78, 5) is 33.5. The molecule has 2 fully saturated rings. The predicted octanol–water partition coefficient (Wildman–Crippen LogP) is 5.37. The van der Waals surface area contributed by atoms with Gasteiger partial charge in [-0.2, -0.15) is 5.10 Å². The Morgan fingerprint density at radius 3 is 2.45 bits per heavy atom. The van der Waals surface area contributed by atoms with E-state index in [1.165, 1.54) is 43.2 Å². The summed E-state index contributed by atoms with van der Waals surface area (Å²) in [5.74, 6) is 0.719. The van der Waals surface area contributed by atoms with Crippen LogP contribution in [0.25, 0.3) is 0 Å². The molecule has 3 heterocycles. The molecule has 10 heteroatoms. The number of nitrogens with one attached hydrogen (secondary N) is 2. The smallest absolute Gasteiger partial charge is 0.237 e. The van der Waals surface area contributed by atoms with Gasteiger partial charge in [0.25, 0.3) is 0 Å². The van der Waals surface area contributed by atoms with Crippen LogP contribution in [0.5, 0.6) is 0 Å². The zero-order valence-electron chi connectivity index (χ0n) is 25.3. The largest absolute Gasteiger partial charge is 0.351 e. The minimum absolute atomic E-state index is 0. The highest BCUT2D eigenvalue weighted by molar-refractivity contribution is 6.30. The lowest BCUT2D eigenvalue weighted by Crippen LogP contribution is -2.53. The van der Waals surface area contributed by atoms with Crippen LogP contribution < -0.4 is 10.6 Å². The molecule has 1 saturated heterocycles. The van der Waals surface area contributed by atoms with Crippen LogP contribution in [0.1, 0.15) is 68.1 Å². The van der Waals surface area contributed by atoms with Crippen molar-refractivity contribution >= 4 is 35.8 Å². The van der Waals surface area contributed by atoms with E-state index in [-0.39, 0.29) is 48.1 Å². The molecular formula is C34H44Cl2N6O2. The van der Waals surface area contributed by atoms with Crippen molar-refractivity contribution in [3.8, 4) is 0 Å². The molecule has 8 nitrogen and oxygen atoms in total. The highest BCUT2D eigenvalue weighted by Crippen LogP contribution is 2.47. The van der Waals surface area contributed by atoms with E-state index in [4.69, 9.17) is 11.6 Å². The Balaban J connectivity index is 0.00000384. The molecule has 2 atom stereocenters. The number of carbonyl (C=O) groups excluding carboxylic acids is 2. The number of hydrogen-bond acceptors (Lipinski definition) is 5. The molecule has 2 N–H and O–H groups in total. The van der Waals surface area contributed by atoms with E-state index in [0.717, 1.165) is 38.0 Å². The fourth-order valence-electron chi connectivity index (χ4n) is 7.61. The van der Waals surface area contributed by atoms with Crippen molar-refractivity contribution < 1.29 is 9.59 Å². The van der Waals surface area contributed by atoms with Crippen molar-refractivity contribution in [2.75, 3.05) is 13.1 Å². The Labute approximate surface area is 271 Å². The van der Waals surface area contributed by atoms with Gasteiger partial charge in [0.15, 0.2) is 0 Å². The van der Waals surface area contributed by atoms with Gasteiger partial charge < -0.3 is 15.5 Å². The normalized spacial score (nSPS) is 20.7. The van der Waals surface area contributed by atoms with Crippen molar-refractivity contribution in [1.82, 2.24) is 30.3 Å². The van der Waals surface area contributed by atoms with Gasteiger partial charge >= 0.3 is 0 Å². The van der Waals surface area contributed by atoms with Gasteiger partial charge in [-0.25, -0.2) is 4.98 Å². The number of carbonyl (C=O) groups is 2. The number of aromatic nitrogens is 3. The summed E-state index contributed by atoms with van der Waals surface area (Å²) in [7, 11) is 0. The summed E-state index contributed by atoms with van der Waals surface area (Å²) in [6, 6.07) is 15.3. The number of likely N-dealkylation sites (tertiary alicyclic amines) is 1. The van der Waals surface area contributed by atoms with Gasteiger partial charge in [-0.3, -0.25) is 14.3 Å². The first-order valence-electron chi connectivity index (χ1n) is 15.9. The number of nitrogens with zero attached hydrogens (tertiary/aromatic N) is 4. The van der Waals surface area contributed by atoms with E-state index in [1.807, 2.05) is 52.3 Å². The Bertz CT molecular complexity index is 1370. The van der Waals surface area contributed by atoms with Gasteiger partial charge in [-0.05, 0) is 78.7 Å². The van der Waals surface area contributed by atoms with Crippen LogP contribution in [0.15, 0.2) is 61.2 Å². The molecular weight excluding hydrogens is 595 g/mol. The molecule has 1 aromatic heterocycles. The number of piperidine rings is 1. The maximum absolute atomic E-state index is 13.8. The maximum Gasteiger partial charge on any atom is 0.237 e. The first-order valence-corrected chi connectivity index (χ1v) is 16.3. The number of hydrogen-bond donors (Lipinski definition) is 2. The topological polar surface area (TPSA) is 92.2 Å². The first-order chi connectivity index (χ1) is 21.0. The van der Waals surface area contributed by atoms with Gasteiger partial charge in [0, 0.05) is 43.7 Å². The molecule has 2 amide bonds. The van der Waals surface area contributed by atoms with Crippen molar-refractivity contribution in [3.63, 3.8) is 0 Å². The third kappa shape index (κ3) is 7.82. The van der Waals surface area contributed by atoms with Gasteiger partial charge in [0.1, 0.15) is 12.7 Å². The molecule has 3 aromatic rings. The number of rotatable bonds is 9. The molecule has 0 spiro atoms. The molecule has 2 aromatic carbocycles. The van der Waals surface area contributed by atoms with Crippen molar-refractivity contribution in [1.29, 1.82) is 0 Å². The maximum atomic E-state index is 13.8. The molecule has 236 valence electrons. The van der Waals surface area contributed by atoms with Crippen LogP contribution in [-0.4, -0.2) is 56.7 Å². The highest BCUT2D eigenvalue weighted by Gasteiger charge is 2.43. The number of benzene rings is 2. The Kier molecular flexibility index (Phi) is 11.0. The minimum Gasteiger partial charge on any atom is -0.351 e. The van der Waals surface area contributed by atoms with Crippen LogP contribution in [-0.2, 0) is 35.5 Å². The summed E-state index contributed by atoms with van der Waals surface area (Å²) in [5.41, 5.74) is 3.63. The average molecular weight is 640 g/mol. The lowest BCUT2D eigenvalue weighted by atomic mass is 9.63. The lowest BCUT2D eigenvalue weighted by Gasteiger charge is -2.48. The molecule has 1 saturated carbocycles. The minimum atomic E-state index is -0.319. The monoisotopic (exact) mass is 638 g/mol. The second-order valence-electron chi connectivity index (χ2n) is 12.8. The Morgan fingerprint density at radius 2 is 1.75 bits per heavy atom. The summed E-state index contributed by atoms with van der Waals surface area (Å²) in [5, 5.41) is 11.7. The van der Waals surface area contributed by atoms with E-state index in [9.17, 15) is 9.59 Å². The average Bonchev–Trinajstić information content (AvgIpc) is 3.55. The number of amides is 2. The molecule has 0 bridgehead atoms. The van der Waals surface area contributed by atoms with Gasteiger partial charge in [0.05, 0.1) is 6.04 Å². The Morgan fingerprint density at radius 1 is 1.02 bits per heavy atom. The quantitative estimate of drug-likeness (QED) is 0.329. The van der Waals surface area contributed by atoms with E-state index >= 15 is 0 Å². The van der Waals surface area contributed by atoms with Crippen LogP contribution >= 0.6 is 24.0 Å². The zero-order chi connectivity index (χ0) is 29.6. The highest BCUT2D eigenvalue weighted by atomic mass is 35.5. The third-order valence-corrected chi connectivity index (χ3v) is 10.3. The molecule has 0 radical (unpaired) electrons. The van der Waals surface area contributed by atoms with Gasteiger partial charge in [-0.1, -0.05) is 67.3 Å². The summed E-state index contributed by atoms with van der Waals surface area (Å²) in [6.45, 7) is 3.02. The molecule has 44 heavy (non-hydrogen) atoms. The number of fused-ring (bicyclic) bond motifs is 1. The zero-order valence-corrected chi connectivity index (χ0v) is 26.9. The molecule has 2 aliphatic heterocycles. The standard InChI is InChI=1S/C34H43ClN6O2.ClH/c35-29-12-10-25(11-13-29)18-30(39-33(43)31-19-26-6-4-5-7-27(26)21-37-31)20-32(42)40-16-14-34(15-17-40,22-41-24-36-23-38-41)28-8-2-1-3-9-28;/h4-7,10-13,23-24,28,30-31,37H,1-3,8-9,14-22H2,(H,39,43);1H/t30-,31-;/m1./s1. The number of halogens is 2. The van der Waals surface area contributed by atoms with E-state index in [1.54, 1.807) is 6.33 Å². The first kappa shape index (κ1) is 32.5.